The molecule has 1 saturated heterocycles. The minimum Gasteiger partial charge on any atom is -0.356 e. The molecule has 0 bridgehead atoms. The lowest BCUT2D eigenvalue weighted by Crippen LogP contribution is -2.52. The molecule has 0 amide bonds. The molecule has 1 N–H and O–H groups in total. The maximum absolute atomic E-state index is 5.97. The summed E-state index contributed by atoms with van der Waals surface area (Å²) in [6.07, 6.45) is 2.90. The number of rotatable bonds is 5. The number of hydrogen-bond donors (Lipinski definition) is 1. The molecule has 0 saturated carbocycles. The molecule has 28 heavy (non-hydrogen) atoms. The highest BCUT2D eigenvalue weighted by Crippen LogP contribution is 2.13. The second kappa shape index (κ2) is 11.6. The molecule has 0 atom stereocenters. The van der Waals surface area contributed by atoms with Crippen molar-refractivity contribution >= 4 is 41.5 Å². The quantitative estimate of drug-likeness (QED) is 0.377. The zero-order valence-electron chi connectivity index (χ0n) is 16.6. The van der Waals surface area contributed by atoms with Gasteiger partial charge in [-0.05, 0) is 42.7 Å². The van der Waals surface area contributed by atoms with Crippen LogP contribution >= 0.6 is 35.6 Å². The van der Waals surface area contributed by atoms with E-state index in [1.807, 2.05) is 32.3 Å². The topological polar surface area (TPSA) is 43.8 Å². The molecule has 7 heteroatoms. The minimum atomic E-state index is 0. The number of pyridine rings is 1. The van der Waals surface area contributed by atoms with E-state index in [-0.39, 0.29) is 24.0 Å². The second-order valence-corrected chi connectivity index (χ2v) is 7.36. The Bertz CT molecular complexity index is 740. The molecule has 1 aromatic carbocycles. The smallest absolute Gasteiger partial charge is 0.193 e. The van der Waals surface area contributed by atoms with Crippen molar-refractivity contribution in [1.82, 2.24) is 20.1 Å². The summed E-state index contributed by atoms with van der Waals surface area (Å²) in [5, 5.41) is 4.28. The fourth-order valence-corrected chi connectivity index (χ4v) is 3.39. The molecular weight excluding hydrogens is 485 g/mol. The van der Waals surface area contributed by atoms with E-state index in [0.717, 1.165) is 62.4 Å². The molecule has 0 radical (unpaired) electrons. The van der Waals surface area contributed by atoms with Crippen LogP contribution in [0.2, 0.25) is 5.02 Å². The Labute approximate surface area is 190 Å². The largest absolute Gasteiger partial charge is 0.356 e. The lowest BCUT2D eigenvalue weighted by molar-refractivity contribution is 0.172. The molecule has 1 aliphatic rings. The lowest BCUT2D eigenvalue weighted by Gasteiger charge is -2.36. The first-order chi connectivity index (χ1) is 13.1. The van der Waals surface area contributed by atoms with Gasteiger partial charge in [0.25, 0.3) is 0 Å². The monoisotopic (exact) mass is 513 g/mol. The second-order valence-electron chi connectivity index (χ2n) is 6.92. The summed E-state index contributed by atoms with van der Waals surface area (Å²) >= 11 is 5.97. The van der Waals surface area contributed by atoms with Crippen molar-refractivity contribution in [3.8, 4) is 0 Å². The number of nitrogens with one attached hydrogen (secondary N) is 1. The molecule has 0 aliphatic carbocycles. The van der Waals surface area contributed by atoms with E-state index in [1.165, 1.54) is 11.1 Å². The van der Waals surface area contributed by atoms with Gasteiger partial charge in [0.05, 0.1) is 0 Å². The molecule has 1 fully saturated rings. The van der Waals surface area contributed by atoms with Gasteiger partial charge in [0.2, 0.25) is 0 Å². The standard InChI is InChI=1S/C21H28ClN5.HI/c1-17-3-4-18(15-25-17)9-10-24-21(23-2)27-13-11-26(12-14-27)16-19-5-7-20(22)8-6-19;/h3-8,15H,9-14,16H2,1-2H3,(H,23,24);1H. The Balaban J connectivity index is 0.00000280. The summed E-state index contributed by atoms with van der Waals surface area (Å²) in [6, 6.07) is 12.3. The number of piperazine rings is 1. The third-order valence-electron chi connectivity index (χ3n) is 4.87. The van der Waals surface area contributed by atoms with Gasteiger partial charge in [-0.3, -0.25) is 14.9 Å². The predicted molar refractivity (Wildman–Crippen MR) is 128 cm³/mol. The van der Waals surface area contributed by atoms with E-state index in [9.17, 15) is 0 Å². The first-order valence-electron chi connectivity index (χ1n) is 9.48. The molecule has 2 aromatic rings. The van der Waals surface area contributed by atoms with E-state index in [4.69, 9.17) is 11.6 Å². The summed E-state index contributed by atoms with van der Waals surface area (Å²) in [4.78, 5) is 13.6. The van der Waals surface area contributed by atoms with Crippen molar-refractivity contribution in [3.63, 3.8) is 0 Å². The van der Waals surface area contributed by atoms with E-state index in [2.05, 4.69) is 49.4 Å². The molecule has 5 nitrogen and oxygen atoms in total. The van der Waals surface area contributed by atoms with Gasteiger partial charge in [0.15, 0.2) is 5.96 Å². The Hall–Kier alpha value is -1.38. The van der Waals surface area contributed by atoms with Crippen LogP contribution in [0.4, 0.5) is 0 Å². The van der Waals surface area contributed by atoms with E-state index in [0.29, 0.717) is 0 Å². The van der Waals surface area contributed by atoms with Gasteiger partial charge in [-0.25, -0.2) is 0 Å². The van der Waals surface area contributed by atoms with Gasteiger partial charge < -0.3 is 10.2 Å². The number of aryl methyl sites for hydroxylation is 1. The molecular formula is C21H29ClIN5. The van der Waals surface area contributed by atoms with Crippen LogP contribution in [0.25, 0.3) is 0 Å². The third-order valence-corrected chi connectivity index (χ3v) is 5.12. The van der Waals surface area contributed by atoms with Gasteiger partial charge in [-0.15, -0.1) is 24.0 Å². The lowest BCUT2D eigenvalue weighted by atomic mass is 10.2. The summed E-state index contributed by atoms with van der Waals surface area (Å²) in [6.45, 7) is 7.88. The Morgan fingerprint density at radius 2 is 1.75 bits per heavy atom. The SMILES string of the molecule is CN=C(NCCc1ccc(C)nc1)N1CCN(Cc2ccc(Cl)cc2)CC1.I. The summed E-state index contributed by atoms with van der Waals surface area (Å²) in [5.74, 6) is 0.987. The van der Waals surface area contributed by atoms with Crippen LogP contribution in [-0.2, 0) is 13.0 Å². The van der Waals surface area contributed by atoms with E-state index >= 15 is 0 Å². The zero-order valence-corrected chi connectivity index (χ0v) is 19.7. The number of nitrogens with zero attached hydrogens (tertiary/aromatic N) is 4. The van der Waals surface area contributed by atoms with E-state index < -0.39 is 0 Å². The Morgan fingerprint density at radius 3 is 2.36 bits per heavy atom. The Morgan fingerprint density at radius 1 is 1.07 bits per heavy atom. The van der Waals surface area contributed by atoms with Gasteiger partial charge >= 0.3 is 0 Å². The van der Waals surface area contributed by atoms with Crippen molar-refractivity contribution in [2.45, 2.75) is 19.9 Å². The molecule has 2 heterocycles. The average molecular weight is 514 g/mol. The van der Waals surface area contributed by atoms with Gasteiger partial charge in [-0.1, -0.05) is 29.8 Å². The number of aromatic nitrogens is 1. The maximum atomic E-state index is 5.97. The van der Waals surface area contributed by atoms with Gasteiger partial charge in [0.1, 0.15) is 0 Å². The van der Waals surface area contributed by atoms with Crippen molar-refractivity contribution in [3.05, 3.63) is 64.4 Å². The van der Waals surface area contributed by atoms with Crippen LogP contribution < -0.4 is 5.32 Å². The van der Waals surface area contributed by atoms with Gasteiger partial charge in [-0.2, -0.15) is 0 Å². The minimum absolute atomic E-state index is 0. The molecule has 0 unspecified atom stereocenters. The fraction of sp³-hybridized carbons (Fsp3) is 0.429. The first-order valence-corrected chi connectivity index (χ1v) is 9.86. The van der Waals surface area contributed by atoms with Crippen molar-refractivity contribution in [2.24, 2.45) is 4.99 Å². The van der Waals surface area contributed by atoms with Crippen molar-refractivity contribution < 1.29 is 0 Å². The van der Waals surface area contributed by atoms with Gasteiger partial charge in [0, 0.05) is 63.2 Å². The number of halogens is 2. The fourth-order valence-electron chi connectivity index (χ4n) is 3.26. The zero-order chi connectivity index (χ0) is 19.1. The van der Waals surface area contributed by atoms with Crippen LogP contribution in [0.3, 0.4) is 0 Å². The van der Waals surface area contributed by atoms with Crippen LogP contribution in [-0.4, -0.2) is 60.5 Å². The highest BCUT2D eigenvalue weighted by atomic mass is 127. The first kappa shape index (κ1) is 22.9. The van der Waals surface area contributed by atoms with Crippen LogP contribution in [0, 0.1) is 6.92 Å². The average Bonchev–Trinajstić information content (AvgIpc) is 2.69. The molecule has 1 aromatic heterocycles. The Kier molecular flexibility index (Phi) is 9.47. The highest BCUT2D eigenvalue weighted by molar-refractivity contribution is 14.0. The predicted octanol–water partition coefficient (Wildman–Crippen LogP) is 3.60. The highest BCUT2D eigenvalue weighted by Gasteiger charge is 2.19. The normalized spacial score (nSPS) is 15.2. The van der Waals surface area contributed by atoms with Crippen LogP contribution in [0.15, 0.2) is 47.6 Å². The summed E-state index contributed by atoms with van der Waals surface area (Å²) in [7, 11) is 1.86. The van der Waals surface area contributed by atoms with Crippen molar-refractivity contribution in [2.75, 3.05) is 39.8 Å². The maximum Gasteiger partial charge on any atom is 0.193 e. The van der Waals surface area contributed by atoms with Crippen LogP contribution in [0.1, 0.15) is 16.8 Å². The number of hydrogen-bond acceptors (Lipinski definition) is 3. The number of guanidine groups is 1. The number of benzene rings is 1. The molecule has 1 aliphatic heterocycles. The molecule has 3 rings (SSSR count). The molecule has 152 valence electrons. The summed E-state index contributed by atoms with van der Waals surface area (Å²) in [5.41, 5.74) is 3.61. The molecule has 0 spiro atoms. The van der Waals surface area contributed by atoms with Crippen molar-refractivity contribution in [1.29, 1.82) is 0 Å². The number of aliphatic imine (C=N–C) groups is 1. The van der Waals surface area contributed by atoms with E-state index in [1.54, 1.807) is 0 Å². The van der Waals surface area contributed by atoms with Crippen LogP contribution in [0.5, 0.6) is 0 Å². The third kappa shape index (κ3) is 6.90. The summed E-state index contributed by atoms with van der Waals surface area (Å²) < 4.78 is 0.